The van der Waals surface area contributed by atoms with Crippen LogP contribution in [0.25, 0.3) is 11.3 Å². The number of pyridine rings is 1. The fourth-order valence-corrected chi connectivity index (χ4v) is 1.81. The molecule has 0 fully saturated rings. The molecule has 1 heterocycles. The van der Waals surface area contributed by atoms with Gasteiger partial charge in [-0.2, -0.15) is 13.2 Å². The fraction of sp³-hybridized carbons (Fsp3) is 0.143. The summed E-state index contributed by atoms with van der Waals surface area (Å²) in [5.74, 6) is -1.80. The van der Waals surface area contributed by atoms with Gasteiger partial charge in [-0.15, -0.1) is 0 Å². The van der Waals surface area contributed by atoms with Crippen molar-refractivity contribution in [3.8, 4) is 17.0 Å². The van der Waals surface area contributed by atoms with Crippen LogP contribution in [0.15, 0.2) is 30.3 Å². The second-order valence-electron chi connectivity index (χ2n) is 4.37. The molecule has 0 spiro atoms. The second kappa shape index (κ2) is 5.08. The normalized spacial score (nSPS) is 11.4. The van der Waals surface area contributed by atoms with Gasteiger partial charge in [-0.1, -0.05) is 12.1 Å². The van der Waals surface area contributed by atoms with Gasteiger partial charge < -0.3 is 10.2 Å². The van der Waals surface area contributed by atoms with Gasteiger partial charge in [-0.05, 0) is 25.1 Å². The number of benzene rings is 1. The van der Waals surface area contributed by atoms with Crippen molar-refractivity contribution < 1.29 is 28.2 Å². The van der Waals surface area contributed by atoms with Gasteiger partial charge in [0.1, 0.15) is 5.56 Å². The van der Waals surface area contributed by atoms with Gasteiger partial charge in [0.15, 0.2) is 5.75 Å². The van der Waals surface area contributed by atoms with Gasteiger partial charge in [-0.3, -0.25) is 0 Å². The summed E-state index contributed by atoms with van der Waals surface area (Å²) in [6.07, 6.45) is -4.44. The average Bonchev–Trinajstić information content (AvgIpc) is 2.40. The van der Waals surface area contributed by atoms with Gasteiger partial charge in [0.2, 0.25) is 0 Å². The third-order valence-corrected chi connectivity index (χ3v) is 2.91. The molecule has 21 heavy (non-hydrogen) atoms. The molecule has 1 aromatic carbocycles. The third kappa shape index (κ3) is 2.96. The van der Waals surface area contributed by atoms with Crippen LogP contribution in [0.3, 0.4) is 0 Å². The highest BCUT2D eigenvalue weighted by atomic mass is 19.4. The molecule has 2 N–H and O–H groups in total. The second-order valence-corrected chi connectivity index (χ2v) is 4.37. The molecule has 0 aliphatic rings. The van der Waals surface area contributed by atoms with E-state index >= 15 is 0 Å². The van der Waals surface area contributed by atoms with E-state index in [0.717, 1.165) is 18.2 Å². The Morgan fingerprint density at radius 3 is 2.24 bits per heavy atom. The van der Waals surface area contributed by atoms with Gasteiger partial charge in [0, 0.05) is 5.56 Å². The van der Waals surface area contributed by atoms with Crippen LogP contribution in [0.1, 0.15) is 21.6 Å². The number of carbonyl (C=O) groups is 1. The maximum Gasteiger partial charge on any atom is 0.416 e. The minimum atomic E-state index is -4.44. The van der Waals surface area contributed by atoms with Crippen LogP contribution in [-0.4, -0.2) is 21.2 Å². The zero-order valence-corrected chi connectivity index (χ0v) is 10.8. The van der Waals surface area contributed by atoms with Gasteiger partial charge in [0.05, 0.1) is 17.0 Å². The van der Waals surface area contributed by atoms with Crippen molar-refractivity contribution in [2.75, 3.05) is 0 Å². The lowest BCUT2D eigenvalue weighted by Crippen LogP contribution is -2.04. The third-order valence-electron chi connectivity index (χ3n) is 2.91. The summed E-state index contributed by atoms with van der Waals surface area (Å²) in [6, 6.07) is 5.30. The van der Waals surface area contributed by atoms with E-state index in [4.69, 9.17) is 5.11 Å². The number of halogens is 3. The lowest BCUT2D eigenvalue weighted by molar-refractivity contribution is -0.137. The van der Waals surface area contributed by atoms with E-state index < -0.39 is 23.5 Å². The Kier molecular flexibility index (Phi) is 3.59. The maximum atomic E-state index is 12.5. The number of hydrogen-bond donors (Lipinski definition) is 2. The Hall–Kier alpha value is -2.57. The van der Waals surface area contributed by atoms with E-state index in [1.165, 1.54) is 19.1 Å². The number of rotatable bonds is 2. The van der Waals surface area contributed by atoms with Crippen LogP contribution < -0.4 is 0 Å². The minimum Gasteiger partial charge on any atom is -0.505 e. The summed E-state index contributed by atoms with van der Waals surface area (Å²) in [5, 5.41) is 18.6. The molecule has 0 unspecified atom stereocenters. The van der Waals surface area contributed by atoms with Crippen molar-refractivity contribution in [1.82, 2.24) is 4.98 Å². The molecule has 0 aliphatic heterocycles. The largest absolute Gasteiger partial charge is 0.505 e. The van der Waals surface area contributed by atoms with Crippen molar-refractivity contribution in [1.29, 1.82) is 0 Å². The summed E-state index contributed by atoms with van der Waals surface area (Å²) in [6.45, 7) is 1.41. The minimum absolute atomic E-state index is 0.0878. The lowest BCUT2D eigenvalue weighted by atomic mass is 10.1. The first kappa shape index (κ1) is 14.8. The molecule has 0 saturated heterocycles. The van der Waals surface area contributed by atoms with Crippen molar-refractivity contribution in [2.45, 2.75) is 13.1 Å². The first-order valence-electron chi connectivity index (χ1n) is 5.81. The Balaban J connectivity index is 2.50. The van der Waals surface area contributed by atoms with Crippen LogP contribution in [0.2, 0.25) is 0 Å². The Bertz CT molecular complexity index is 694. The number of nitrogens with zero attached hydrogens (tertiary/aromatic N) is 1. The molecule has 2 aromatic rings. The summed E-state index contributed by atoms with van der Waals surface area (Å²) >= 11 is 0. The number of aryl methyl sites for hydroxylation is 1. The molecule has 110 valence electrons. The zero-order chi connectivity index (χ0) is 15.8. The lowest BCUT2D eigenvalue weighted by Gasteiger charge is -2.09. The molecule has 0 atom stereocenters. The number of aromatic hydroxyl groups is 1. The Morgan fingerprint density at radius 2 is 1.76 bits per heavy atom. The fourth-order valence-electron chi connectivity index (χ4n) is 1.81. The number of carboxylic acids is 1. The molecule has 0 radical (unpaired) electrons. The number of aromatic nitrogens is 1. The number of alkyl halides is 3. The van der Waals surface area contributed by atoms with Crippen molar-refractivity contribution in [3.63, 3.8) is 0 Å². The zero-order valence-electron chi connectivity index (χ0n) is 10.8. The van der Waals surface area contributed by atoms with E-state index in [1.807, 2.05) is 0 Å². The molecule has 0 aliphatic carbocycles. The van der Waals surface area contributed by atoms with Gasteiger partial charge in [0.25, 0.3) is 0 Å². The predicted molar refractivity (Wildman–Crippen MR) is 68.0 cm³/mol. The van der Waals surface area contributed by atoms with Crippen molar-refractivity contribution in [3.05, 3.63) is 47.2 Å². The first-order chi connectivity index (χ1) is 9.70. The molecule has 0 bridgehead atoms. The van der Waals surface area contributed by atoms with E-state index in [0.29, 0.717) is 5.56 Å². The summed E-state index contributed by atoms with van der Waals surface area (Å²) in [5.41, 5.74) is -0.563. The van der Waals surface area contributed by atoms with Crippen molar-refractivity contribution in [2.24, 2.45) is 0 Å². The molecule has 0 saturated carbocycles. The monoisotopic (exact) mass is 297 g/mol. The number of hydrogen-bond acceptors (Lipinski definition) is 3. The molecule has 7 heteroatoms. The van der Waals surface area contributed by atoms with Crippen LogP contribution in [0, 0.1) is 6.92 Å². The topological polar surface area (TPSA) is 70.4 Å². The Labute approximate surface area is 117 Å². The molecular formula is C14H10F3NO3. The summed E-state index contributed by atoms with van der Waals surface area (Å²) in [7, 11) is 0. The Morgan fingerprint density at radius 1 is 1.19 bits per heavy atom. The van der Waals surface area contributed by atoms with Gasteiger partial charge in [-0.25, -0.2) is 9.78 Å². The first-order valence-corrected chi connectivity index (χ1v) is 5.81. The summed E-state index contributed by atoms with van der Waals surface area (Å²) < 4.78 is 37.4. The van der Waals surface area contributed by atoms with Crippen LogP contribution in [0.5, 0.6) is 5.75 Å². The SMILES string of the molecule is Cc1nc(-c2ccc(C(F)(F)F)cc2)cc(C(=O)O)c1O. The highest BCUT2D eigenvalue weighted by Crippen LogP contribution is 2.32. The van der Waals surface area contributed by atoms with Gasteiger partial charge >= 0.3 is 12.1 Å². The predicted octanol–water partition coefficient (Wildman–Crippen LogP) is 3.48. The molecule has 1 aromatic heterocycles. The van der Waals surface area contributed by atoms with E-state index in [-0.39, 0.29) is 17.0 Å². The van der Waals surface area contributed by atoms with Crippen LogP contribution in [-0.2, 0) is 6.18 Å². The van der Waals surface area contributed by atoms with E-state index in [9.17, 15) is 23.1 Å². The van der Waals surface area contributed by atoms with E-state index in [1.54, 1.807) is 0 Å². The highest BCUT2D eigenvalue weighted by Gasteiger charge is 2.30. The standard InChI is InChI=1S/C14H10F3NO3/c1-7-12(19)10(13(20)21)6-11(18-7)8-2-4-9(5-3-8)14(15,16)17/h2-6,19H,1H3,(H,20,21). The smallest absolute Gasteiger partial charge is 0.416 e. The maximum absolute atomic E-state index is 12.5. The number of aromatic carboxylic acids is 1. The molecular weight excluding hydrogens is 287 g/mol. The quantitative estimate of drug-likeness (QED) is 0.890. The highest BCUT2D eigenvalue weighted by molar-refractivity contribution is 5.92. The van der Waals surface area contributed by atoms with Crippen molar-refractivity contribution >= 4 is 5.97 Å². The molecule has 0 amide bonds. The summed E-state index contributed by atoms with van der Waals surface area (Å²) in [4.78, 5) is 15.0. The van der Waals surface area contributed by atoms with Crippen LogP contribution in [0.4, 0.5) is 13.2 Å². The number of carboxylic acid groups (broad SMARTS) is 1. The van der Waals surface area contributed by atoms with Crippen LogP contribution >= 0.6 is 0 Å². The van der Waals surface area contributed by atoms with E-state index in [2.05, 4.69) is 4.98 Å². The molecule has 4 nitrogen and oxygen atoms in total. The average molecular weight is 297 g/mol. The molecule has 2 rings (SSSR count).